The molecule has 2 aromatic carbocycles. The molecular weight excluding hydrogens is 260 g/mol. The third kappa shape index (κ3) is 2.54. The highest BCUT2D eigenvalue weighted by Crippen LogP contribution is 2.34. The minimum Gasteiger partial charge on any atom is -0.493 e. The van der Waals surface area contributed by atoms with E-state index >= 15 is 0 Å². The van der Waals surface area contributed by atoms with Gasteiger partial charge in [-0.2, -0.15) is 0 Å². The maximum Gasteiger partial charge on any atom is 0.123 e. The molecule has 0 saturated heterocycles. The largest absolute Gasteiger partial charge is 0.493 e. The summed E-state index contributed by atoms with van der Waals surface area (Å²) in [4.78, 5) is 0. The second-order valence-electron chi connectivity index (χ2n) is 4.77. The Balaban J connectivity index is 1.72. The van der Waals surface area contributed by atoms with Gasteiger partial charge < -0.3 is 9.47 Å². The van der Waals surface area contributed by atoms with Gasteiger partial charge in [-0.1, -0.05) is 35.9 Å². The van der Waals surface area contributed by atoms with Gasteiger partial charge in [0.15, 0.2) is 0 Å². The number of hydrogen-bond acceptors (Lipinski definition) is 2. The second kappa shape index (κ2) is 5.14. The lowest BCUT2D eigenvalue weighted by Crippen LogP contribution is -2.12. The SMILES string of the molecule is Cc1ccc(Cl)cc1OCC1COc2ccccc21. The van der Waals surface area contributed by atoms with Gasteiger partial charge in [0.25, 0.3) is 0 Å². The molecule has 1 atom stereocenters. The van der Waals surface area contributed by atoms with E-state index < -0.39 is 0 Å². The van der Waals surface area contributed by atoms with E-state index in [0.717, 1.165) is 17.1 Å². The summed E-state index contributed by atoms with van der Waals surface area (Å²) in [6, 6.07) is 13.8. The van der Waals surface area contributed by atoms with Gasteiger partial charge in [0.1, 0.15) is 11.5 Å². The molecule has 0 radical (unpaired) electrons. The number of benzene rings is 2. The number of fused-ring (bicyclic) bond motifs is 1. The van der Waals surface area contributed by atoms with Gasteiger partial charge in [-0.05, 0) is 30.7 Å². The molecule has 0 amide bonds. The monoisotopic (exact) mass is 274 g/mol. The molecule has 19 heavy (non-hydrogen) atoms. The van der Waals surface area contributed by atoms with Crippen LogP contribution in [0.4, 0.5) is 0 Å². The summed E-state index contributed by atoms with van der Waals surface area (Å²) in [6.07, 6.45) is 0. The molecule has 0 bridgehead atoms. The third-order valence-electron chi connectivity index (χ3n) is 3.39. The van der Waals surface area contributed by atoms with Crippen molar-refractivity contribution >= 4 is 11.6 Å². The van der Waals surface area contributed by atoms with E-state index in [9.17, 15) is 0 Å². The molecule has 0 N–H and O–H groups in total. The first-order valence-corrected chi connectivity index (χ1v) is 6.72. The fourth-order valence-corrected chi connectivity index (χ4v) is 2.45. The topological polar surface area (TPSA) is 18.5 Å². The molecule has 98 valence electrons. The van der Waals surface area contributed by atoms with Crippen molar-refractivity contribution < 1.29 is 9.47 Å². The van der Waals surface area contributed by atoms with Gasteiger partial charge in [-0.25, -0.2) is 0 Å². The number of hydrogen-bond donors (Lipinski definition) is 0. The van der Waals surface area contributed by atoms with Crippen LogP contribution in [0, 0.1) is 6.92 Å². The lowest BCUT2D eigenvalue weighted by molar-refractivity contribution is 0.247. The summed E-state index contributed by atoms with van der Waals surface area (Å²) >= 11 is 5.99. The Morgan fingerprint density at radius 1 is 1.26 bits per heavy atom. The number of ether oxygens (including phenoxy) is 2. The molecule has 1 aliphatic rings. The predicted molar refractivity (Wildman–Crippen MR) is 76.4 cm³/mol. The van der Waals surface area contributed by atoms with Crippen molar-refractivity contribution in [3.63, 3.8) is 0 Å². The van der Waals surface area contributed by atoms with Crippen LogP contribution in [-0.2, 0) is 0 Å². The Morgan fingerprint density at radius 2 is 2.11 bits per heavy atom. The predicted octanol–water partition coefficient (Wildman–Crippen LogP) is 4.20. The molecule has 0 spiro atoms. The van der Waals surface area contributed by atoms with Gasteiger partial charge in [-0.3, -0.25) is 0 Å². The van der Waals surface area contributed by atoms with Crippen LogP contribution < -0.4 is 9.47 Å². The molecule has 0 saturated carbocycles. The second-order valence-corrected chi connectivity index (χ2v) is 5.20. The molecule has 0 aromatic heterocycles. The molecular formula is C16H15ClO2. The molecule has 2 aromatic rings. The molecule has 2 nitrogen and oxygen atoms in total. The van der Waals surface area contributed by atoms with Crippen LogP contribution in [0.1, 0.15) is 17.0 Å². The van der Waals surface area contributed by atoms with E-state index in [1.54, 1.807) is 0 Å². The highest BCUT2D eigenvalue weighted by molar-refractivity contribution is 6.30. The van der Waals surface area contributed by atoms with E-state index in [1.807, 2.05) is 43.3 Å². The summed E-state index contributed by atoms with van der Waals surface area (Å²) < 4.78 is 11.5. The summed E-state index contributed by atoms with van der Waals surface area (Å²) in [5.74, 6) is 2.10. The fourth-order valence-electron chi connectivity index (χ4n) is 2.29. The zero-order valence-electron chi connectivity index (χ0n) is 10.7. The lowest BCUT2D eigenvalue weighted by Gasteiger charge is -2.13. The van der Waals surface area contributed by atoms with Gasteiger partial charge >= 0.3 is 0 Å². The Labute approximate surface area is 117 Å². The Bertz CT molecular complexity index is 595. The van der Waals surface area contributed by atoms with Crippen molar-refractivity contribution in [2.45, 2.75) is 12.8 Å². The smallest absolute Gasteiger partial charge is 0.123 e. The van der Waals surface area contributed by atoms with Gasteiger partial charge in [0.2, 0.25) is 0 Å². The molecule has 0 fully saturated rings. The van der Waals surface area contributed by atoms with Gasteiger partial charge in [0.05, 0.1) is 19.1 Å². The summed E-state index contributed by atoms with van der Waals surface area (Å²) in [5.41, 5.74) is 2.32. The van der Waals surface area contributed by atoms with Crippen LogP contribution in [0.25, 0.3) is 0 Å². The maximum absolute atomic E-state index is 5.99. The average molecular weight is 275 g/mol. The third-order valence-corrected chi connectivity index (χ3v) is 3.62. The lowest BCUT2D eigenvalue weighted by atomic mass is 10.0. The quantitative estimate of drug-likeness (QED) is 0.835. The van der Waals surface area contributed by atoms with Crippen LogP contribution in [0.15, 0.2) is 42.5 Å². The zero-order valence-corrected chi connectivity index (χ0v) is 11.5. The van der Waals surface area contributed by atoms with E-state index in [-0.39, 0.29) is 5.92 Å². The number of halogens is 1. The number of para-hydroxylation sites is 1. The van der Waals surface area contributed by atoms with Crippen LogP contribution >= 0.6 is 11.6 Å². The molecule has 1 aliphatic heterocycles. The molecule has 0 aliphatic carbocycles. The first-order valence-electron chi connectivity index (χ1n) is 6.35. The summed E-state index contributed by atoms with van der Waals surface area (Å²) in [5, 5.41) is 0.698. The van der Waals surface area contributed by atoms with Crippen molar-refractivity contribution in [1.82, 2.24) is 0 Å². The maximum atomic E-state index is 5.99. The average Bonchev–Trinajstić information content (AvgIpc) is 2.83. The normalized spacial score (nSPS) is 16.8. The van der Waals surface area contributed by atoms with E-state index in [2.05, 4.69) is 6.07 Å². The first-order chi connectivity index (χ1) is 9.24. The van der Waals surface area contributed by atoms with Crippen molar-refractivity contribution in [3.05, 3.63) is 58.6 Å². The fraction of sp³-hybridized carbons (Fsp3) is 0.250. The molecule has 3 rings (SSSR count). The standard InChI is InChI=1S/C16H15ClO2/c1-11-6-7-13(17)8-16(11)19-10-12-9-18-15-5-3-2-4-14(12)15/h2-8,12H,9-10H2,1H3. The molecule has 1 heterocycles. The summed E-state index contributed by atoms with van der Waals surface area (Å²) in [6.45, 7) is 3.31. The van der Waals surface area contributed by atoms with Crippen LogP contribution in [0.3, 0.4) is 0 Å². The van der Waals surface area contributed by atoms with E-state index in [0.29, 0.717) is 18.2 Å². The van der Waals surface area contributed by atoms with Crippen LogP contribution in [-0.4, -0.2) is 13.2 Å². The van der Waals surface area contributed by atoms with Crippen molar-refractivity contribution in [1.29, 1.82) is 0 Å². The van der Waals surface area contributed by atoms with Crippen LogP contribution in [0.2, 0.25) is 5.02 Å². The van der Waals surface area contributed by atoms with Gasteiger partial charge in [-0.15, -0.1) is 0 Å². The molecule has 1 unspecified atom stereocenters. The number of aryl methyl sites for hydroxylation is 1. The van der Waals surface area contributed by atoms with Crippen molar-refractivity contribution in [3.8, 4) is 11.5 Å². The summed E-state index contributed by atoms with van der Waals surface area (Å²) in [7, 11) is 0. The van der Waals surface area contributed by atoms with E-state index in [4.69, 9.17) is 21.1 Å². The van der Waals surface area contributed by atoms with Gasteiger partial charge in [0, 0.05) is 10.6 Å². The Morgan fingerprint density at radius 3 is 3.00 bits per heavy atom. The van der Waals surface area contributed by atoms with Crippen LogP contribution in [0.5, 0.6) is 11.5 Å². The Hall–Kier alpha value is -1.67. The minimum atomic E-state index is 0.287. The van der Waals surface area contributed by atoms with Crippen molar-refractivity contribution in [2.75, 3.05) is 13.2 Å². The molecule has 3 heteroatoms. The first kappa shape index (κ1) is 12.4. The zero-order chi connectivity index (χ0) is 13.2. The highest BCUT2D eigenvalue weighted by atomic mass is 35.5. The minimum absolute atomic E-state index is 0.287. The van der Waals surface area contributed by atoms with Crippen molar-refractivity contribution in [2.24, 2.45) is 0 Å². The Kier molecular flexibility index (Phi) is 3.34. The number of rotatable bonds is 3. The highest BCUT2D eigenvalue weighted by Gasteiger charge is 2.24. The van der Waals surface area contributed by atoms with E-state index in [1.165, 1.54) is 5.56 Å².